The number of tetrazole rings is 1. The third-order valence-corrected chi connectivity index (χ3v) is 2.28. The molecule has 1 heterocycles. The van der Waals surface area contributed by atoms with Crippen LogP contribution in [0, 0.1) is 5.41 Å². The Bertz CT molecular complexity index is 351. The van der Waals surface area contributed by atoms with Crippen LogP contribution in [0.4, 0.5) is 5.95 Å². The van der Waals surface area contributed by atoms with Crippen molar-refractivity contribution in [2.75, 3.05) is 18.4 Å². The molecule has 0 saturated heterocycles. The van der Waals surface area contributed by atoms with Crippen LogP contribution in [0.2, 0.25) is 0 Å². The lowest BCUT2D eigenvalue weighted by Gasteiger charge is -2.09. The second-order valence-corrected chi connectivity index (χ2v) is 3.74. The van der Waals surface area contributed by atoms with Crippen LogP contribution >= 0.6 is 0 Å². The molecule has 0 aliphatic carbocycles. The van der Waals surface area contributed by atoms with Crippen molar-refractivity contribution in [3.8, 4) is 0 Å². The number of carbonyl (C=O) groups is 1. The van der Waals surface area contributed by atoms with Gasteiger partial charge in [0.25, 0.3) is 5.95 Å². The molecule has 9 heteroatoms. The van der Waals surface area contributed by atoms with Crippen LogP contribution in [-0.2, 0) is 4.79 Å². The van der Waals surface area contributed by atoms with Gasteiger partial charge < -0.3 is 16.5 Å². The minimum Gasteiger partial charge on any atom is -0.320 e. The van der Waals surface area contributed by atoms with Gasteiger partial charge in [-0.25, -0.2) is 0 Å². The van der Waals surface area contributed by atoms with Crippen molar-refractivity contribution in [1.82, 2.24) is 25.9 Å². The van der Waals surface area contributed by atoms with E-state index < -0.39 is 6.04 Å². The van der Waals surface area contributed by atoms with Crippen LogP contribution in [0.25, 0.3) is 0 Å². The lowest BCUT2D eigenvalue weighted by molar-refractivity contribution is -0.117. The van der Waals surface area contributed by atoms with Crippen LogP contribution in [0.3, 0.4) is 0 Å². The molecule has 18 heavy (non-hydrogen) atoms. The van der Waals surface area contributed by atoms with Crippen LogP contribution < -0.4 is 16.4 Å². The van der Waals surface area contributed by atoms with E-state index in [0.717, 1.165) is 19.4 Å². The van der Waals surface area contributed by atoms with Gasteiger partial charge in [0.1, 0.15) is 0 Å². The van der Waals surface area contributed by atoms with E-state index in [1.165, 1.54) is 6.21 Å². The molecule has 0 spiro atoms. The number of nitrogens with one attached hydrogen (secondary N) is 4. The normalized spacial score (nSPS) is 12.1. The highest BCUT2D eigenvalue weighted by atomic mass is 16.2. The Balaban J connectivity index is 2.10. The molecule has 6 N–H and O–H groups in total. The highest BCUT2D eigenvalue weighted by molar-refractivity contribution is 5.92. The van der Waals surface area contributed by atoms with E-state index in [-0.39, 0.29) is 11.9 Å². The summed E-state index contributed by atoms with van der Waals surface area (Å²) in [5, 5.41) is 25.1. The molecule has 0 aromatic carbocycles. The Morgan fingerprint density at radius 3 is 3.06 bits per heavy atom. The SMILES string of the molecule is N=CCNCCCC[C@H](N)C(=O)Nc1nn[nH]n1. The maximum atomic E-state index is 11.6. The highest BCUT2D eigenvalue weighted by Gasteiger charge is 2.14. The second-order valence-electron chi connectivity index (χ2n) is 3.74. The molecular formula is C9H18N8O. The largest absolute Gasteiger partial charge is 0.320 e. The third kappa shape index (κ3) is 5.46. The minimum atomic E-state index is -0.578. The first kappa shape index (κ1) is 14.2. The summed E-state index contributed by atoms with van der Waals surface area (Å²) in [6.07, 6.45) is 3.66. The van der Waals surface area contributed by atoms with Crippen LogP contribution in [-0.4, -0.2) is 51.9 Å². The smallest absolute Gasteiger partial charge is 0.269 e. The van der Waals surface area contributed by atoms with E-state index in [1.54, 1.807) is 0 Å². The van der Waals surface area contributed by atoms with Crippen molar-refractivity contribution in [1.29, 1.82) is 5.41 Å². The summed E-state index contributed by atoms with van der Waals surface area (Å²) in [5.74, 6) is -0.188. The predicted molar refractivity (Wildman–Crippen MR) is 66.3 cm³/mol. The van der Waals surface area contributed by atoms with Crippen LogP contribution in [0.5, 0.6) is 0 Å². The fraction of sp³-hybridized carbons (Fsp3) is 0.667. The zero-order valence-electron chi connectivity index (χ0n) is 10.0. The molecule has 9 nitrogen and oxygen atoms in total. The standard InChI is InChI=1S/C9H18N8O/c10-4-6-12-5-2-1-3-7(11)8(18)13-9-14-16-17-15-9/h4,7,10,12H,1-3,5-6,11H2,(H2,13,14,15,16,17,18)/t7-/m0/s1. The van der Waals surface area contributed by atoms with Gasteiger partial charge in [0, 0.05) is 12.8 Å². The summed E-state index contributed by atoms with van der Waals surface area (Å²) >= 11 is 0. The van der Waals surface area contributed by atoms with Crippen molar-refractivity contribution in [3.05, 3.63) is 0 Å². The lowest BCUT2D eigenvalue weighted by atomic mass is 10.1. The highest BCUT2D eigenvalue weighted by Crippen LogP contribution is 2.01. The molecule has 0 fully saturated rings. The summed E-state index contributed by atoms with van der Waals surface area (Å²) in [5.41, 5.74) is 5.72. The van der Waals surface area contributed by atoms with E-state index in [4.69, 9.17) is 11.1 Å². The number of aromatic nitrogens is 4. The lowest BCUT2D eigenvalue weighted by Crippen LogP contribution is -2.36. The first-order valence-corrected chi connectivity index (χ1v) is 5.73. The molecule has 0 aliphatic rings. The number of hydrogen-bond donors (Lipinski definition) is 5. The van der Waals surface area contributed by atoms with Crippen molar-refractivity contribution in [2.24, 2.45) is 5.73 Å². The van der Waals surface area contributed by atoms with E-state index >= 15 is 0 Å². The fourth-order valence-corrected chi connectivity index (χ4v) is 1.34. The molecule has 0 saturated carbocycles. The minimum absolute atomic E-state index is 0.128. The number of nitrogens with zero attached hydrogens (tertiary/aromatic N) is 3. The number of hydrogen-bond acceptors (Lipinski definition) is 7. The van der Waals surface area contributed by atoms with Crippen molar-refractivity contribution in [3.63, 3.8) is 0 Å². The number of H-pyrrole nitrogens is 1. The summed E-state index contributed by atoms with van der Waals surface area (Å²) in [4.78, 5) is 11.6. The van der Waals surface area contributed by atoms with Crippen molar-refractivity contribution in [2.45, 2.75) is 25.3 Å². The third-order valence-electron chi connectivity index (χ3n) is 2.28. The Labute approximate surface area is 104 Å². The molecule has 1 aromatic rings. The van der Waals surface area contributed by atoms with E-state index in [0.29, 0.717) is 13.0 Å². The van der Waals surface area contributed by atoms with Gasteiger partial charge in [-0.05, 0) is 24.6 Å². The van der Waals surface area contributed by atoms with Crippen molar-refractivity contribution < 1.29 is 4.79 Å². The van der Waals surface area contributed by atoms with Gasteiger partial charge >= 0.3 is 0 Å². The molecule has 0 aliphatic heterocycles. The molecule has 0 unspecified atom stereocenters. The summed E-state index contributed by atoms with van der Waals surface area (Å²) in [7, 11) is 0. The summed E-state index contributed by atoms with van der Waals surface area (Å²) in [6.45, 7) is 1.39. The Morgan fingerprint density at radius 1 is 1.56 bits per heavy atom. The number of rotatable bonds is 9. The van der Waals surface area contributed by atoms with Gasteiger partial charge in [-0.1, -0.05) is 11.5 Å². The first-order valence-electron chi connectivity index (χ1n) is 5.73. The van der Waals surface area contributed by atoms with E-state index in [9.17, 15) is 4.79 Å². The zero-order chi connectivity index (χ0) is 13.2. The van der Waals surface area contributed by atoms with Gasteiger partial charge in [-0.15, -0.1) is 5.10 Å². The van der Waals surface area contributed by atoms with Gasteiger partial charge in [-0.3, -0.25) is 10.1 Å². The molecule has 1 atom stereocenters. The molecule has 100 valence electrons. The zero-order valence-corrected chi connectivity index (χ0v) is 10.0. The van der Waals surface area contributed by atoms with Gasteiger partial charge in [0.2, 0.25) is 5.91 Å². The number of amides is 1. The average Bonchev–Trinajstić information content (AvgIpc) is 2.86. The average molecular weight is 254 g/mol. The number of nitrogens with two attached hydrogens (primary N) is 1. The maximum Gasteiger partial charge on any atom is 0.269 e. The number of unbranched alkanes of at least 4 members (excludes halogenated alkanes) is 1. The number of aromatic amines is 1. The molecule has 1 rings (SSSR count). The van der Waals surface area contributed by atoms with Crippen molar-refractivity contribution >= 4 is 18.1 Å². The monoisotopic (exact) mass is 254 g/mol. The summed E-state index contributed by atoms with van der Waals surface area (Å²) in [6, 6.07) is -0.578. The maximum absolute atomic E-state index is 11.6. The van der Waals surface area contributed by atoms with E-state index in [2.05, 4.69) is 31.3 Å². The Hall–Kier alpha value is -1.87. The topological polar surface area (TPSA) is 145 Å². The molecule has 1 amide bonds. The van der Waals surface area contributed by atoms with Gasteiger partial charge in [-0.2, -0.15) is 5.21 Å². The van der Waals surface area contributed by atoms with Gasteiger partial charge in [0.15, 0.2) is 0 Å². The number of anilines is 1. The molecular weight excluding hydrogens is 236 g/mol. The van der Waals surface area contributed by atoms with E-state index in [1.807, 2.05) is 0 Å². The van der Waals surface area contributed by atoms with Gasteiger partial charge in [0.05, 0.1) is 6.04 Å². The molecule has 0 bridgehead atoms. The fourth-order valence-electron chi connectivity index (χ4n) is 1.34. The second kappa shape index (κ2) is 8.25. The Kier molecular flexibility index (Phi) is 6.51. The number of carbonyl (C=O) groups excluding carboxylic acids is 1. The predicted octanol–water partition coefficient (Wildman–Crippen LogP) is -1.13. The quantitative estimate of drug-likeness (QED) is 0.278. The molecule has 0 radical (unpaired) electrons. The van der Waals surface area contributed by atoms with Crippen LogP contribution in [0.15, 0.2) is 0 Å². The molecule has 1 aromatic heterocycles. The van der Waals surface area contributed by atoms with Crippen LogP contribution in [0.1, 0.15) is 19.3 Å². The first-order chi connectivity index (χ1) is 8.74. The Morgan fingerprint density at radius 2 is 2.39 bits per heavy atom. The summed E-state index contributed by atoms with van der Waals surface area (Å²) < 4.78 is 0.